The molecule has 0 aromatic heterocycles. The van der Waals surface area contributed by atoms with Crippen LogP contribution in [0.5, 0.6) is 0 Å². The molecule has 0 radical (unpaired) electrons. The number of halogens is 6. The number of ether oxygens (including phenoxy) is 3. The van der Waals surface area contributed by atoms with E-state index >= 15 is 0 Å². The zero-order valence-electron chi connectivity index (χ0n) is 25.9. The molecule has 0 unspecified atom stereocenters. The van der Waals surface area contributed by atoms with Crippen LogP contribution in [0.2, 0.25) is 0 Å². The Morgan fingerprint density at radius 1 is 0.851 bits per heavy atom. The number of hydrogen-bond donors (Lipinski definition) is 0. The van der Waals surface area contributed by atoms with Gasteiger partial charge in [-0.1, -0.05) is 73.3 Å². The Bertz CT molecular complexity index is 1490. The lowest BCUT2D eigenvalue weighted by molar-refractivity contribution is -0.143. The molecule has 47 heavy (non-hydrogen) atoms. The maximum atomic E-state index is 13.9. The molecule has 12 heteroatoms. The van der Waals surface area contributed by atoms with Gasteiger partial charge in [0.15, 0.2) is 0 Å². The van der Waals surface area contributed by atoms with Gasteiger partial charge in [-0.3, -0.25) is 4.90 Å². The van der Waals surface area contributed by atoms with Crippen LogP contribution in [0.15, 0.2) is 104 Å². The van der Waals surface area contributed by atoms with Crippen molar-refractivity contribution in [2.75, 3.05) is 19.8 Å². The summed E-state index contributed by atoms with van der Waals surface area (Å²) in [5.74, 6) is -0.785. The molecule has 0 spiro atoms. The van der Waals surface area contributed by atoms with Crippen LogP contribution in [-0.4, -0.2) is 36.7 Å². The van der Waals surface area contributed by atoms with E-state index in [9.17, 15) is 35.9 Å². The Hall–Kier alpha value is -4.58. The number of benzene rings is 3. The first-order valence-corrected chi connectivity index (χ1v) is 14.5. The Balaban J connectivity index is 2.11. The first kappa shape index (κ1) is 36.9. The first-order valence-electron chi connectivity index (χ1n) is 14.5. The van der Waals surface area contributed by atoms with Crippen molar-refractivity contribution < 1.29 is 50.1 Å². The zero-order chi connectivity index (χ0) is 34.8. The highest BCUT2D eigenvalue weighted by Crippen LogP contribution is 2.40. The predicted molar refractivity (Wildman–Crippen MR) is 163 cm³/mol. The van der Waals surface area contributed by atoms with E-state index in [-0.39, 0.29) is 36.8 Å². The number of amides is 1. The largest absolute Gasteiger partial charge is 0.463 e. The minimum atomic E-state index is -5.06. The molecule has 0 aliphatic rings. The van der Waals surface area contributed by atoms with Gasteiger partial charge in [0.25, 0.3) is 0 Å². The highest BCUT2D eigenvalue weighted by molar-refractivity contribution is 5.89. The molecule has 0 saturated carbocycles. The van der Waals surface area contributed by atoms with Crippen LogP contribution >= 0.6 is 0 Å². The fourth-order valence-corrected chi connectivity index (χ4v) is 4.84. The summed E-state index contributed by atoms with van der Waals surface area (Å²) in [5, 5.41) is 0. The summed E-state index contributed by atoms with van der Waals surface area (Å²) in [6.07, 6.45) is -10.9. The highest BCUT2D eigenvalue weighted by Gasteiger charge is 2.44. The average molecular weight is 664 g/mol. The van der Waals surface area contributed by atoms with E-state index in [4.69, 9.17) is 14.2 Å². The van der Waals surface area contributed by atoms with E-state index in [1.807, 2.05) is 0 Å². The van der Waals surface area contributed by atoms with Gasteiger partial charge in [0.1, 0.15) is 6.61 Å². The monoisotopic (exact) mass is 663 g/mol. The van der Waals surface area contributed by atoms with Gasteiger partial charge in [-0.2, -0.15) is 26.3 Å². The molecule has 0 saturated heterocycles. The number of nitrogens with zero attached hydrogens (tertiary/aromatic N) is 1. The van der Waals surface area contributed by atoms with Crippen molar-refractivity contribution in [3.05, 3.63) is 131 Å². The highest BCUT2D eigenvalue weighted by atomic mass is 19.4. The summed E-state index contributed by atoms with van der Waals surface area (Å²) in [7, 11) is 0. The SMILES string of the molecule is C=CC[C@@](CO[C@H](C)c1cc(C(F)(F)F)cc(C(F)(F)F)c1)(c1ccccc1)N(CC(=C)C(=O)OCC)C(=O)OCc1ccccc1. The second-order valence-electron chi connectivity index (χ2n) is 10.6. The maximum Gasteiger partial charge on any atom is 0.416 e. The Labute approximate surface area is 269 Å². The lowest BCUT2D eigenvalue weighted by Crippen LogP contribution is -2.53. The molecule has 252 valence electrons. The van der Waals surface area contributed by atoms with Crippen LogP contribution in [0.3, 0.4) is 0 Å². The topological polar surface area (TPSA) is 65.1 Å². The third-order valence-electron chi connectivity index (χ3n) is 7.30. The van der Waals surface area contributed by atoms with E-state index in [0.29, 0.717) is 23.3 Å². The van der Waals surface area contributed by atoms with Crippen LogP contribution in [0, 0.1) is 0 Å². The molecule has 0 bridgehead atoms. The summed E-state index contributed by atoms with van der Waals surface area (Å²) in [6.45, 7) is 9.49. The number of esters is 1. The summed E-state index contributed by atoms with van der Waals surface area (Å²) in [5.41, 5.74) is -3.90. The van der Waals surface area contributed by atoms with Crippen molar-refractivity contribution in [1.82, 2.24) is 4.90 Å². The van der Waals surface area contributed by atoms with Crippen LogP contribution in [0.1, 0.15) is 54.2 Å². The number of carbonyl (C=O) groups excluding carboxylic acids is 2. The molecule has 0 fully saturated rings. The van der Waals surface area contributed by atoms with Gasteiger partial charge in [0.2, 0.25) is 0 Å². The van der Waals surface area contributed by atoms with E-state index in [2.05, 4.69) is 13.2 Å². The maximum absolute atomic E-state index is 13.9. The molecule has 3 aromatic rings. The van der Waals surface area contributed by atoms with Gasteiger partial charge < -0.3 is 14.2 Å². The van der Waals surface area contributed by atoms with Gasteiger partial charge in [0.05, 0.1) is 42.5 Å². The number of rotatable bonds is 14. The molecule has 0 aliphatic heterocycles. The normalized spacial score (nSPS) is 13.6. The van der Waals surface area contributed by atoms with Gasteiger partial charge in [0, 0.05) is 5.57 Å². The van der Waals surface area contributed by atoms with E-state index in [1.165, 1.54) is 17.9 Å². The van der Waals surface area contributed by atoms with Gasteiger partial charge in [-0.05, 0) is 55.2 Å². The van der Waals surface area contributed by atoms with Crippen molar-refractivity contribution in [2.24, 2.45) is 0 Å². The average Bonchev–Trinajstić information content (AvgIpc) is 3.04. The number of carbonyl (C=O) groups is 2. The summed E-state index contributed by atoms with van der Waals surface area (Å²) in [4.78, 5) is 27.8. The summed E-state index contributed by atoms with van der Waals surface area (Å²) in [6, 6.07) is 18.4. The fourth-order valence-electron chi connectivity index (χ4n) is 4.84. The van der Waals surface area contributed by atoms with E-state index in [0.717, 1.165) is 0 Å². The number of alkyl halides is 6. The van der Waals surface area contributed by atoms with E-state index < -0.39 is 60.3 Å². The fraction of sp³-hybridized carbons (Fsp3) is 0.314. The Kier molecular flexibility index (Phi) is 12.4. The zero-order valence-corrected chi connectivity index (χ0v) is 25.9. The van der Waals surface area contributed by atoms with Crippen LogP contribution in [0.4, 0.5) is 31.1 Å². The molecule has 1 amide bonds. The summed E-state index contributed by atoms with van der Waals surface area (Å²) < 4.78 is 98.4. The standard InChI is InChI=1S/C35H35F6NO5/c1-5-17-33(28-15-11-8-12-16-28,23-47-25(4)27-18-29(34(36,37)38)20-30(19-27)35(39,40)41)42(21-24(3)31(43)45-6-2)32(44)46-22-26-13-9-7-10-14-26/h5,7-16,18-20,25H,1,3,6,17,21-23H2,2,4H3/t25-,33-/m1/s1. The lowest BCUT2D eigenvalue weighted by Gasteiger charge is -2.44. The van der Waals surface area contributed by atoms with Gasteiger partial charge in [-0.25, -0.2) is 9.59 Å². The second kappa shape index (κ2) is 15.8. The van der Waals surface area contributed by atoms with Crippen molar-refractivity contribution in [2.45, 2.75) is 50.9 Å². The third-order valence-corrected chi connectivity index (χ3v) is 7.30. The predicted octanol–water partition coefficient (Wildman–Crippen LogP) is 9.03. The van der Waals surface area contributed by atoms with Crippen LogP contribution in [-0.2, 0) is 43.5 Å². The molecular weight excluding hydrogens is 628 g/mol. The Morgan fingerprint density at radius 3 is 1.91 bits per heavy atom. The molecule has 0 aliphatic carbocycles. The molecule has 2 atom stereocenters. The molecule has 0 N–H and O–H groups in total. The van der Waals surface area contributed by atoms with Gasteiger partial charge in [-0.15, -0.1) is 6.58 Å². The smallest absolute Gasteiger partial charge is 0.416 e. The lowest BCUT2D eigenvalue weighted by atomic mass is 9.85. The van der Waals surface area contributed by atoms with Crippen molar-refractivity contribution >= 4 is 12.1 Å². The molecular formula is C35H35F6NO5. The third kappa shape index (κ3) is 9.71. The molecule has 6 nitrogen and oxygen atoms in total. The minimum Gasteiger partial charge on any atom is -0.463 e. The first-order chi connectivity index (χ1) is 22.1. The number of hydrogen-bond acceptors (Lipinski definition) is 5. The van der Waals surface area contributed by atoms with Gasteiger partial charge >= 0.3 is 24.4 Å². The second-order valence-corrected chi connectivity index (χ2v) is 10.6. The van der Waals surface area contributed by atoms with Crippen LogP contribution in [0.25, 0.3) is 0 Å². The Morgan fingerprint density at radius 2 is 1.40 bits per heavy atom. The minimum absolute atomic E-state index is 0.0311. The summed E-state index contributed by atoms with van der Waals surface area (Å²) >= 11 is 0. The van der Waals surface area contributed by atoms with Crippen molar-refractivity contribution in [1.29, 1.82) is 0 Å². The quantitative estimate of drug-likeness (QED) is 0.0746. The molecule has 3 aromatic carbocycles. The molecule has 0 heterocycles. The van der Waals surface area contributed by atoms with E-state index in [1.54, 1.807) is 67.6 Å². The van der Waals surface area contributed by atoms with Crippen LogP contribution < -0.4 is 0 Å². The van der Waals surface area contributed by atoms with Crippen molar-refractivity contribution in [3.63, 3.8) is 0 Å². The molecule has 3 rings (SSSR count). The van der Waals surface area contributed by atoms with Crippen molar-refractivity contribution in [3.8, 4) is 0 Å².